The van der Waals surface area contributed by atoms with Crippen molar-refractivity contribution in [3.05, 3.63) is 0 Å². The van der Waals surface area contributed by atoms with Crippen LogP contribution in [0.5, 0.6) is 0 Å². The molecule has 0 unspecified atom stereocenters. The second kappa shape index (κ2) is 6.19. The van der Waals surface area contributed by atoms with Gasteiger partial charge in [-0.15, -0.1) is 0 Å². The molecule has 1 N–H and O–H groups in total. The number of carbonyl (C=O) groups is 2. The minimum Gasteiger partial charge on any atom is -0.354 e. The molecule has 1 aliphatic heterocycles. The molecular formula is C17H28N2O3. The van der Waals surface area contributed by atoms with Gasteiger partial charge in [-0.2, -0.15) is 0 Å². The Balaban J connectivity index is 1.79. The van der Waals surface area contributed by atoms with Gasteiger partial charge in [0.1, 0.15) is 11.8 Å². The van der Waals surface area contributed by atoms with E-state index in [0.717, 1.165) is 44.9 Å². The fourth-order valence-electron chi connectivity index (χ4n) is 3.70. The molecule has 2 saturated carbocycles. The number of nitrogens with one attached hydrogen (secondary N) is 1. The molecule has 0 aromatic rings. The lowest BCUT2D eigenvalue weighted by Gasteiger charge is -2.43. The van der Waals surface area contributed by atoms with Crippen molar-refractivity contribution in [1.29, 1.82) is 0 Å². The van der Waals surface area contributed by atoms with E-state index < -0.39 is 11.8 Å². The highest BCUT2D eigenvalue weighted by Crippen LogP contribution is 2.45. The highest BCUT2D eigenvalue weighted by molar-refractivity contribution is 5.90. The van der Waals surface area contributed by atoms with Crippen LogP contribution in [0.15, 0.2) is 0 Å². The maximum atomic E-state index is 12.8. The summed E-state index contributed by atoms with van der Waals surface area (Å²) in [6.07, 6.45) is 6.69. The third-order valence-electron chi connectivity index (χ3n) is 5.33. The first kappa shape index (κ1) is 15.8. The van der Waals surface area contributed by atoms with Crippen LogP contribution in [0.1, 0.15) is 58.8 Å². The summed E-state index contributed by atoms with van der Waals surface area (Å²) in [5.74, 6) is 0.898. The number of amides is 2. The molecule has 0 bridgehead atoms. The molecule has 22 heavy (non-hydrogen) atoms. The van der Waals surface area contributed by atoms with Gasteiger partial charge in [0.2, 0.25) is 11.8 Å². The quantitative estimate of drug-likeness (QED) is 0.865. The zero-order chi connectivity index (χ0) is 15.7. The molecule has 124 valence electrons. The normalized spacial score (nSPS) is 34.9. The van der Waals surface area contributed by atoms with Crippen molar-refractivity contribution >= 4 is 11.8 Å². The zero-order valence-corrected chi connectivity index (χ0v) is 13.8. The van der Waals surface area contributed by atoms with E-state index in [-0.39, 0.29) is 17.7 Å². The molecule has 1 heterocycles. The highest BCUT2D eigenvalue weighted by atomic mass is 16.5. The molecule has 3 rings (SSSR count). The Morgan fingerprint density at radius 1 is 1.23 bits per heavy atom. The van der Waals surface area contributed by atoms with Crippen LogP contribution < -0.4 is 5.32 Å². The third kappa shape index (κ3) is 2.87. The molecule has 0 radical (unpaired) electrons. The largest absolute Gasteiger partial charge is 0.354 e. The molecular weight excluding hydrogens is 280 g/mol. The van der Waals surface area contributed by atoms with E-state index in [1.807, 2.05) is 11.8 Å². The second-order valence-electron chi connectivity index (χ2n) is 7.23. The van der Waals surface area contributed by atoms with Gasteiger partial charge in [-0.1, -0.05) is 13.8 Å². The Hall–Kier alpha value is -1.10. The van der Waals surface area contributed by atoms with E-state index in [0.29, 0.717) is 19.1 Å². The molecule has 1 saturated heterocycles. The molecule has 2 amide bonds. The van der Waals surface area contributed by atoms with E-state index in [2.05, 4.69) is 12.2 Å². The zero-order valence-electron chi connectivity index (χ0n) is 13.8. The summed E-state index contributed by atoms with van der Waals surface area (Å²) in [5.41, 5.74) is -0.513. The van der Waals surface area contributed by atoms with Crippen molar-refractivity contribution in [3.8, 4) is 0 Å². The maximum absolute atomic E-state index is 12.8. The van der Waals surface area contributed by atoms with Gasteiger partial charge in [0, 0.05) is 12.5 Å². The van der Waals surface area contributed by atoms with Gasteiger partial charge in [0.25, 0.3) is 0 Å². The van der Waals surface area contributed by atoms with E-state index in [4.69, 9.17) is 4.74 Å². The number of hydrogen-bond acceptors (Lipinski definition) is 3. The van der Waals surface area contributed by atoms with Crippen LogP contribution in [0.25, 0.3) is 0 Å². The fraction of sp³-hybridized carbons (Fsp3) is 0.882. The van der Waals surface area contributed by atoms with Gasteiger partial charge >= 0.3 is 0 Å². The lowest BCUT2D eigenvalue weighted by molar-refractivity contribution is -0.162. The molecule has 2 aliphatic carbocycles. The lowest BCUT2D eigenvalue weighted by Crippen LogP contribution is -2.57. The highest BCUT2D eigenvalue weighted by Gasteiger charge is 2.55. The minimum atomic E-state index is -0.513. The molecule has 0 aromatic heterocycles. The van der Waals surface area contributed by atoms with Gasteiger partial charge in [-0.05, 0) is 50.9 Å². The standard InChI is InChI=1S/C17H28N2O3/c1-3-10-18-15(20)14-11-22-17(8-6-12(2)7-9-17)19(14)16(21)13-4-5-13/h12-14H,3-11H2,1-2H3,(H,18,20)/t12?,14-,17?/m0/s1. The summed E-state index contributed by atoms with van der Waals surface area (Å²) in [7, 11) is 0. The van der Waals surface area contributed by atoms with Crippen LogP contribution in [0.2, 0.25) is 0 Å². The summed E-state index contributed by atoms with van der Waals surface area (Å²) in [6, 6.07) is -0.437. The number of carbonyl (C=O) groups excluding carboxylic acids is 2. The smallest absolute Gasteiger partial charge is 0.245 e. The van der Waals surface area contributed by atoms with Gasteiger partial charge in [-0.25, -0.2) is 0 Å². The number of hydrogen-bond donors (Lipinski definition) is 1. The second-order valence-corrected chi connectivity index (χ2v) is 7.23. The number of nitrogens with zero attached hydrogens (tertiary/aromatic N) is 1. The molecule has 3 aliphatic rings. The van der Waals surface area contributed by atoms with Crippen molar-refractivity contribution in [2.24, 2.45) is 11.8 Å². The van der Waals surface area contributed by atoms with E-state index in [1.54, 1.807) is 0 Å². The van der Waals surface area contributed by atoms with Gasteiger partial charge in [-0.3, -0.25) is 14.5 Å². The Bertz CT molecular complexity index is 439. The summed E-state index contributed by atoms with van der Waals surface area (Å²) in [6.45, 7) is 5.29. The molecule has 0 aromatic carbocycles. The summed E-state index contributed by atoms with van der Waals surface area (Å²) < 4.78 is 6.10. The first-order valence-electron chi connectivity index (χ1n) is 8.82. The van der Waals surface area contributed by atoms with Crippen LogP contribution in [0.4, 0.5) is 0 Å². The Labute approximate surface area is 132 Å². The predicted molar refractivity (Wildman–Crippen MR) is 83.0 cm³/mol. The molecule has 5 nitrogen and oxygen atoms in total. The molecule has 3 fully saturated rings. The Morgan fingerprint density at radius 3 is 2.50 bits per heavy atom. The topological polar surface area (TPSA) is 58.6 Å². The van der Waals surface area contributed by atoms with Gasteiger partial charge in [0.15, 0.2) is 0 Å². The monoisotopic (exact) mass is 308 g/mol. The van der Waals surface area contributed by atoms with Gasteiger partial charge in [0.05, 0.1) is 6.61 Å². The van der Waals surface area contributed by atoms with Crippen LogP contribution in [0, 0.1) is 11.8 Å². The van der Waals surface area contributed by atoms with Crippen molar-refractivity contribution in [2.45, 2.75) is 70.6 Å². The molecule has 1 spiro atoms. The SMILES string of the molecule is CCCNC(=O)[C@@H]1COC2(CCC(C)CC2)N1C(=O)C1CC1. The molecule has 5 heteroatoms. The van der Waals surface area contributed by atoms with E-state index in [9.17, 15) is 9.59 Å². The van der Waals surface area contributed by atoms with Crippen LogP contribution in [-0.2, 0) is 14.3 Å². The first-order valence-corrected chi connectivity index (χ1v) is 8.82. The van der Waals surface area contributed by atoms with Crippen LogP contribution in [-0.4, -0.2) is 41.6 Å². The van der Waals surface area contributed by atoms with Crippen molar-refractivity contribution in [2.75, 3.05) is 13.2 Å². The average molecular weight is 308 g/mol. The Kier molecular flexibility index (Phi) is 4.44. The van der Waals surface area contributed by atoms with Crippen molar-refractivity contribution in [1.82, 2.24) is 10.2 Å². The first-order chi connectivity index (χ1) is 10.6. The van der Waals surface area contributed by atoms with E-state index in [1.165, 1.54) is 0 Å². The predicted octanol–water partition coefficient (Wildman–Crippen LogP) is 2.06. The summed E-state index contributed by atoms with van der Waals surface area (Å²) in [4.78, 5) is 27.1. The minimum absolute atomic E-state index is 0.0497. The average Bonchev–Trinajstić information content (AvgIpc) is 3.30. The van der Waals surface area contributed by atoms with Crippen molar-refractivity contribution in [3.63, 3.8) is 0 Å². The van der Waals surface area contributed by atoms with Crippen LogP contribution in [0.3, 0.4) is 0 Å². The third-order valence-corrected chi connectivity index (χ3v) is 5.33. The summed E-state index contributed by atoms with van der Waals surface area (Å²) >= 11 is 0. The van der Waals surface area contributed by atoms with Crippen LogP contribution >= 0.6 is 0 Å². The summed E-state index contributed by atoms with van der Waals surface area (Å²) in [5, 5.41) is 2.94. The van der Waals surface area contributed by atoms with Gasteiger partial charge < -0.3 is 10.1 Å². The Morgan fingerprint density at radius 2 is 1.91 bits per heavy atom. The van der Waals surface area contributed by atoms with E-state index >= 15 is 0 Å². The number of rotatable bonds is 4. The molecule has 1 atom stereocenters. The van der Waals surface area contributed by atoms with Crippen molar-refractivity contribution < 1.29 is 14.3 Å². The lowest BCUT2D eigenvalue weighted by atomic mass is 9.83. The number of ether oxygens (including phenoxy) is 1. The fourth-order valence-corrected chi connectivity index (χ4v) is 3.70. The maximum Gasteiger partial charge on any atom is 0.245 e.